The highest BCUT2D eigenvalue weighted by Crippen LogP contribution is 2.34. The van der Waals surface area contributed by atoms with Gasteiger partial charge in [0.15, 0.2) is 10.6 Å². The molecule has 0 saturated heterocycles. The Balaban J connectivity index is 1.98. The number of hydrogen-bond acceptors (Lipinski definition) is 5. The molecule has 4 aromatic rings. The lowest BCUT2D eigenvalue weighted by Crippen LogP contribution is -2.23. The second-order valence-electron chi connectivity index (χ2n) is 5.84. The summed E-state index contributed by atoms with van der Waals surface area (Å²) in [6.07, 6.45) is 1.67. The van der Waals surface area contributed by atoms with Crippen LogP contribution in [-0.4, -0.2) is 42.6 Å². The number of rotatable bonds is 2. The average molecular weight is 381 g/mol. The van der Waals surface area contributed by atoms with Crippen molar-refractivity contribution in [2.75, 3.05) is 7.05 Å². The van der Waals surface area contributed by atoms with Gasteiger partial charge in [0.05, 0.1) is 16.8 Å². The van der Waals surface area contributed by atoms with Gasteiger partial charge in [-0.2, -0.15) is 5.10 Å². The van der Waals surface area contributed by atoms with Crippen LogP contribution in [0.5, 0.6) is 11.5 Å². The van der Waals surface area contributed by atoms with E-state index in [4.69, 9.17) is 12.2 Å². The number of hydrogen-bond donors (Lipinski definition) is 4. The molecule has 2 heterocycles. The van der Waals surface area contributed by atoms with Gasteiger partial charge in [-0.3, -0.25) is 14.2 Å². The van der Waals surface area contributed by atoms with Crippen LogP contribution in [-0.2, 0) is 0 Å². The zero-order valence-corrected chi connectivity index (χ0v) is 15.0. The summed E-state index contributed by atoms with van der Waals surface area (Å²) in [6, 6.07) is 11.3. The molecule has 1 amide bonds. The molecule has 9 heteroatoms. The van der Waals surface area contributed by atoms with E-state index in [9.17, 15) is 15.0 Å². The van der Waals surface area contributed by atoms with E-state index in [0.29, 0.717) is 27.4 Å². The number of benzene rings is 2. The maximum absolute atomic E-state index is 12.1. The number of aromatic hydroxyl groups is 2. The summed E-state index contributed by atoms with van der Waals surface area (Å²) >= 11 is 5.40. The van der Waals surface area contributed by atoms with E-state index in [1.807, 2.05) is 24.3 Å². The predicted octanol–water partition coefficient (Wildman–Crippen LogP) is 3.15. The van der Waals surface area contributed by atoms with E-state index in [-0.39, 0.29) is 17.5 Å². The number of aromatic nitrogens is 4. The summed E-state index contributed by atoms with van der Waals surface area (Å²) in [4.78, 5) is 12.1. The van der Waals surface area contributed by atoms with Crippen molar-refractivity contribution in [3.8, 4) is 28.6 Å². The SMILES string of the molecule is CNC(=O)n1ccc2c(-n3c(-c4ccc(O)cc4O)n[nH]c3=S)cccc21. The average Bonchev–Trinajstić information content (AvgIpc) is 3.25. The molecule has 0 spiro atoms. The molecule has 27 heavy (non-hydrogen) atoms. The molecule has 0 fully saturated rings. The van der Waals surface area contributed by atoms with Gasteiger partial charge < -0.3 is 15.5 Å². The highest BCUT2D eigenvalue weighted by molar-refractivity contribution is 7.71. The Kier molecular flexibility index (Phi) is 3.93. The number of nitrogens with zero attached hydrogens (tertiary/aromatic N) is 3. The minimum atomic E-state index is -0.255. The Morgan fingerprint density at radius 1 is 1.22 bits per heavy atom. The van der Waals surface area contributed by atoms with Crippen LogP contribution in [0.4, 0.5) is 4.79 Å². The molecule has 0 unspecified atom stereocenters. The second-order valence-corrected chi connectivity index (χ2v) is 6.23. The fourth-order valence-electron chi connectivity index (χ4n) is 3.05. The number of fused-ring (bicyclic) bond motifs is 1. The second kappa shape index (κ2) is 6.29. The van der Waals surface area contributed by atoms with Gasteiger partial charge in [-0.05, 0) is 42.5 Å². The molecule has 0 radical (unpaired) electrons. The third-order valence-corrected chi connectivity index (χ3v) is 4.55. The normalized spacial score (nSPS) is 11.0. The summed E-state index contributed by atoms with van der Waals surface area (Å²) in [7, 11) is 1.57. The van der Waals surface area contributed by atoms with Crippen molar-refractivity contribution in [2.45, 2.75) is 0 Å². The monoisotopic (exact) mass is 381 g/mol. The van der Waals surface area contributed by atoms with E-state index in [1.54, 1.807) is 23.9 Å². The quantitative estimate of drug-likeness (QED) is 0.399. The first-order chi connectivity index (χ1) is 13.0. The van der Waals surface area contributed by atoms with Crippen LogP contribution in [0.3, 0.4) is 0 Å². The molecular formula is C18H15N5O3S. The van der Waals surface area contributed by atoms with Crippen molar-refractivity contribution < 1.29 is 15.0 Å². The molecule has 2 aromatic carbocycles. The Morgan fingerprint density at radius 2 is 2.04 bits per heavy atom. The van der Waals surface area contributed by atoms with Crippen LogP contribution in [0, 0.1) is 4.77 Å². The molecular weight excluding hydrogens is 366 g/mol. The first-order valence-electron chi connectivity index (χ1n) is 8.03. The maximum atomic E-state index is 12.1. The Labute approximate surface area is 158 Å². The van der Waals surface area contributed by atoms with Gasteiger partial charge in [-0.15, -0.1) is 0 Å². The topological polar surface area (TPSA) is 108 Å². The Morgan fingerprint density at radius 3 is 2.78 bits per heavy atom. The molecule has 0 aliphatic heterocycles. The van der Waals surface area contributed by atoms with Gasteiger partial charge >= 0.3 is 6.03 Å². The van der Waals surface area contributed by atoms with Gasteiger partial charge in [0.1, 0.15) is 11.5 Å². The van der Waals surface area contributed by atoms with Crippen LogP contribution >= 0.6 is 12.2 Å². The lowest BCUT2D eigenvalue weighted by Gasteiger charge is -2.10. The minimum absolute atomic E-state index is 0.0540. The maximum Gasteiger partial charge on any atom is 0.325 e. The summed E-state index contributed by atoms with van der Waals surface area (Å²) in [6.45, 7) is 0. The lowest BCUT2D eigenvalue weighted by molar-refractivity contribution is 0.245. The third-order valence-electron chi connectivity index (χ3n) is 4.28. The van der Waals surface area contributed by atoms with Crippen LogP contribution in [0.1, 0.15) is 0 Å². The van der Waals surface area contributed by atoms with Crippen LogP contribution < -0.4 is 5.32 Å². The molecule has 4 N–H and O–H groups in total. The standard InChI is InChI=1S/C18H15N5O3S/c1-19-17(26)22-8-7-11-13(22)3-2-4-14(11)23-16(20-21-18(23)27)12-6-5-10(24)9-15(12)25/h2-9,24-25H,1H3,(H,19,26)(H,21,27). The molecule has 2 aromatic heterocycles. The lowest BCUT2D eigenvalue weighted by atomic mass is 10.1. The van der Waals surface area contributed by atoms with Crippen molar-refractivity contribution in [1.29, 1.82) is 0 Å². The van der Waals surface area contributed by atoms with Crippen molar-refractivity contribution >= 4 is 29.2 Å². The van der Waals surface area contributed by atoms with E-state index in [2.05, 4.69) is 15.5 Å². The summed E-state index contributed by atoms with van der Waals surface area (Å²) < 4.78 is 3.51. The van der Waals surface area contributed by atoms with E-state index >= 15 is 0 Å². The molecule has 4 rings (SSSR count). The molecule has 8 nitrogen and oxygen atoms in total. The first kappa shape index (κ1) is 16.9. The number of aromatic amines is 1. The molecule has 0 bridgehead atoms. The number of phenols is 2. The van der Waals surface area contributed by atoms with Gasteiger partial charge in [0.25, 0.3) is 0 Å². The van der Waals surface area contributed by atoms with Crippen LogP contribution in [0.2, 0.25) is 0 Å². The van der Waals surface area contributed by atoms with E-state index < -0.39 is 0 Å². The number of carbonyl (C=O) groups excluding carboxylic acids is 1. The van der Waals surface area contributed by atoms with Gasteiger partial charge in [0.2, 0.25) is 0 Å². The first-order valence-corrected chi connectivity index (χ1v) is 8.44. The summed E-state index contributed by atoms with van der Waals surface area (Å²) in [5.74, 6) is 0.208. The van der Waals surface area contributed by atoms with Crippen molar-refractivity contribution in [3.63, 3.8) is 0 Å². The van der Waals surface area contributed by atoms with Crippen LogP contribution in [0.15, 0.2) is 48.7 Å². The molecule has 0 saturated carbocycles. The highest BCUT2D eigenvalue weighted by Gasteiger charge is 2.18. The van der Waals surface area contributed by atoms with E-state index in [0.717, 1.165) is 5.39 Å². The zero-order chi connectivity index (χ0) is 19.1. The molecule has 0 atom stereocenters. The summed E-state index contributed by atoms with van der Waals surface area (Å²) in [5.41, 5.74) is 1.81. The predicted molar refractivity (Wildman–Crippen MR) is 103 cm³/mol. The van der Waals surface area contributed by atoms with Crippen LogP contribution in [0.25, 0.3) is 28.0 Å². The fraction of sp³-hybridized carbons (Fsp3) is 0.0556. The number of phenolic OH excluding ortho intramolecular Hbond substituents is 2. The van der Waals surface area contributed by atoms with Crippen molar-refractivity contribution in [1.82, 2.24) is 24.6 Å². The number of H-pyrrole nitrogens is 1. The smallest absolute Gasteiger partial charge is 0.325 e. The molecule has 0 aliphatic rings. The highest BCUT2D eigenvalue weighted by atomic mass is 32.1. The number of amides is 1. The van der Waals surface area contributed by atoms with E-state index in [1.165, 1.54) is 16.7 Å². The van der Waals surface area contributed by atoms with Crippen molar-refractivity contribution in [3.05, 3.63) is 53.4 Å². The molecule has 0 aliphatic carbocycles. The number of carbonyl (C=O) groups is 1. The Hall–Kier alpha value is -3.59. The zero-order valence-electron chi connectivity index (χ0n) is 14.2. The third kappa shape index (κ3) is 2.64. The Bertz CT molecular complexity index is 1240. The summed E-state index contributed by atoms with van der Waals surface area (Å²) in [5, 5.41) is 30.1. The largest absolute Gasteiger partial charge is 0.508 e. The fourth-order valence-corrected chi connectivity index (χ4v) is 3.28. The van der Waals surface area contributed by atoms with Gasteiger partial charge in [0, 0.05) is 24.7 Å². The van der Waals surface area contributed by atoms with Gasteiger partial charge in [-0.1, -0.05) is 6.07 Å². The van der Waals surface area contributed by atoms with Gasteiger partial charge in [-0.25, -0.2) is 4.79 Å². The molecule has 136 valence electrons. The minimum Gasteiger partial charge on any atom is -0.508 e. The van der Waals surface area contributed by atoms with Crippen molar-refractivity contribution in [2.24, 2.45) is 0 Å². The number of nitrogens with one attached hydrogen (secondary N) is 2.